The standard InChI is InChI=1S/C10H18N2O/c1-9(6-11-2)12(3)7-10-4-5-13-8-10/h4-5,8-9,11H,6-7H2,1-3H3. The van der Waals surface area contributed by atoms with E-state index in [0.29, 0.717) is 6.04 Å². The lowest BCUT2D eigenvalue weighted by atomic mass is 10.2. The van der Waals surface area contributed by atoms with Gasteiger partial charge in [0.1, 0.15) is 0 Å². The summed E-state index contributed by atoms with van der Waals surface area (Å²) in [6, 6.07) is 2.54. The van der Waals surface area contributed by atoms with Gasteiger partial charge in [0.05, 0.1) is 12.5 Å². The van der Waals surface area contributed by atoms with Gasteiger partial charge in [-0.05, 0) is 27.1 Å². The van der Waals surface area contributed by atoms with Crippen LogP contribution in [0.5, 0.6) is 0 Å². The first kappa shape index (κ1) is 10.3. The number of likely N-dealkylation sites (N-methyl/N-ethyl adjacent to an activating group) is 2. The lowest BCUT2D eigenvalue weighted by Gasteiger charge is -2.23. The number of nitrogens with one attached hydrogen (secondary N) is 1. The van der Waals surface area contributed by atoms with Gasteiger partial charge in [0.15, 0.2) is 0 Å². The van der Waals surface area contributed by atoms with E-state index in [9.17, 15) is 0 Å². The molecule has 0 amide bonds. The van der Waals surface area contributed by atoms with E-state index >= 15 is 0 Å². The number of furan rings is 1. The average Bonchev–Trinajstić information content (AvgIpc) is 2.57. The van der Waals surface area contributed by atoms with Crippen LogP contribution in [0.2, 0.25) is 0 Å². The van der Waals surface area contributed by atoms with Crippen LogP contribution in [0.1, 0.15) is 12.5 Å². The zero-order chi connectivity index (χ0) is 9.68. The molecule has 1 atom stereocenters. The van der Waals surface area contributed by atoms with E-state index in [0.717, 1.165) is 13.1 Å². The molecule has 1 heterocycles. The van der Waals surface area contributed by atoms with Crippen molar-refractivity contribution in [3.8, 4) is 0 Å². The van der Waals surface area contributed by atoms with Gasteiger partial charge in [-0.15, -0.1) is 0 Å². The second-order valence-corrected chi connectivity index (χ2v) is 3.45. The Balaban J connectivity index is 2.36. The van der Waals surface area contributed by atoms with Crippen molar-refractivity contribution < 1.29 is 4.42 Å². The van der Waals surface area contributed by atoms with Crippen molar-refractivity contribution in [1.29, 1.82) is 0 Å². The molecular formula is C10H18N2O. The molecule has 0 radical (unpaired) electrons. The van der Waals surface area contributed by atoms with Gasteiger partial charge in [0.25, 0.3) is 0 Å². The molecule has 1 rings (SSSR count). The summed E-state index contributed by atoms with van der Waals surface area (Å²) in [5, 5.41) is 3.16. The number of hydrogen-bond donors (Lipinski definition) is 1. The molecule has 1 N–H and O–H groups in total. The maximum absolute atomic E-state index is 5.01. The van der Waals surface area contributed by atoms with Gasteiger partial charge in [-0.1, -0.05) is 0 Å². The summed E-state index contributed by atoms with van der Waals surface area (Å²) >= 11 is 0. The Bertz CT molecular complexity index is 221. The third-order valence-electron chi connectivity index (χ3n) is 2.26. The van der Waals surface area contributed by atoms with Crippen molar-refractivity contribution in [2.75, 3.05) is 20.6 Å². The predicted molar refractivity (Wildman–Crippen MR) is 53.6 cm³/mol. The number of rotatable bonds is 5. The van der Waals surface area contributed by atoms with Crippen molar-refractivity contribution in [3.05, 3.63) is 24.2 Å². The van der Waals surface area contributed by atoms with Crippen molar-refractivity contribution in [3.63, 3.8) is 0 Å². The van der Waals surface area contributed by atoms with Gasteiger partial charge in [0, 0.05) is 24.7 Å². The van der Waals surface area contributed by atoms with Gasteiger partial charge in [-0.3, -0.25) is 4.90 Å². The van der Waals surface area contributed by atoms with Crippen molar-refractivity contribution in [2.24, 2.45) is 0 Å². The molecule has 0 aliphatic rings. The van der Waals surface area contributed by atoms with Gasteiger partial charge in [-0.25, -0.2) is 0 Å². The van der Waals surface area contributed by atoms with Crippen LogP contribution in [0.4, 0.5) is 0 Å². The third kappa shape index (κ3) is 3.20. The molecule has 0 bridgehead atoms. The Morgan fingerprint density at radius 2 is 2.38 bits per heavy atom. The quantitative estimate of drug-likeness (QED) is 0.744. The van der Waals surface area contributed by atoms with E-state index in [-0.39, 0.29) is 0 Å². The first-order chi connectivity index (χ1) is 6.24. The largest absolute Gasteiger partial charge is 0.472 e. The maximum atomic E-state index is 5.01. The lowest BCUT2D eigenvalue weighted by molar-refractivity contribution is 0.245. The molecule has 0 saturated heterocycles. The minimum Gasteiger partial charge on any atom is -0.472 e. The van der Waals surface area contributed by atoms with Crippen LogP contribution in [0.3, 0.4) is 0 Å². The highest BCUT2D eigenvalue weighted by atomic mass is 16.3. The second-order valence-electron chi connectivity index (χ2n) is 3.45. The highest BCUT2D eigenvalue weighted by molar-refractivity contribution is 5.04. The van der Waals surface area contributed by atoms with E-state index in [4.69, 9.17) is 4.42 Å². The molecule has 1 aromatic rings. The van der Waals surface area contributed by atoms with Crippen LogP contribution in [0.15, 0.2) is 23.0 Å². The van der Waals surface area contributed by atoms with Gasteiger partial charge < -0.3 is 9.73 Å². The van der Waals surface area contributed by atoms with Crippen LogP contribution in [0.25, 0.3) is 0 Å². The minimum absolute atomic E-state index is 0.542. The molecule has 0 saturated carbocycles. The van der Waals surface area contributed by atoms with Gasteiger partial charge in [-0.2, -0.15) is 0 Å². The predicted octanol–water partition coefficient (Wildman–Crippen LogP) is 1.32. The maximum Gasteiger partial charge on any atom is 0.0947 e. The molecule has 0 aromatic carbocycles. The van der Waals surface area contributed by atoms with Gasteiger partial charge >= 0.3 is 0 Å². The molecule has 74 valence electrons. The molecule has 1 aromatic heterocycles. The van der Waals surface area contributed by atoms with Crippen LogP contribution < -0.4 is 5.32 Å². The number of hydrogen-bond acceptors (Lipinski definition) is 3. The molecule has 1 unspecified atom stereocenters. The van der Waals surface area contributed by atoms with E-state index < -0.39 is 0 Å². The average molecular weight is 182 g/mol. The fraction of sp³-hybridized carbons (Fsp3) is 0.600. The Morgan fingerprint density at radius 3 is 2.92 bits per heavy atom. The Morgan fingerprint density at radius 1 is 1.62 bits per heavy atom. The SMILES string of the molecule is CNCC(C)N(C)Cc1ccoc1. The molecule has 0 fully saturated rings. The first-order valence-electron chi connectivity index (χ1n) is 4.60. The summed E-state index contributed by atoms with van der Waals surface area (Å²) in [5.74, 6) is 0. The molecule has 3 heteroatoms. The molecule has 0 aliphatic carbocycles. The van der Waals surface area contributed by atoms with Crippen LogP contribution in [-0.4, -0.2) is 31.6 Å². The molecule has 3 nitrogen and oxygen atoms in total. The van der Waals surface area contributed by atoms with E-state index in [1.54, 1.807) is 12.5 Å². The first-order valence-corrected chi connectivity index (χ1v) is 4.60. The summed E-state index contributed by atoms with van der Waals surface area (Å²) in [7, 11) is 4.09. The van der Waals surface area contributed by atoms with Crippen molar-refractivity contribution in [2.45, 2.75) is 19.5 Å². The molecule has 0 aliphatic heterocycles. The smallest absolute Gasteiger partial charge is 0.0947 e. The summed E-state index contributed by atoms with van der Waals surface area (Å²) in [6.45, 7) is 4.16. The zero-order valence-corrected chi connectivity index (χ0v) is 8.58. The van der Waals surface area contributed by atoms with Crippen LogP contribution >= 0.6 is 0 Å². The van der Waals surface area contributed by atoms with Gasteiger partial charge in [0.2, 0.25) is 0 Å². The normalized spacial score (nSPS) is 13.5. The fourth-order valence-corrected chi connectivity index (χ4v) is 1.28. The highest BCUT2D eigenvalue weighted by Gasteiger charge is 2.08. The Hall–Kier alpha value is -0.800. The second kappa shape index (κ2) is 5.04. The van der Waals surface area contributed by atoms with Crippen molar-refractivity contribution >= 4 is 0 Å². The topological polar surface area (TPSA) is 28.4 Å². The van der Waals surface area contributed by atoms with Crippen LogP contribution in [-0.2, 0) is 6.54 Å². The third-order valence-corrected chi connectivity index (χ3v) is 2.26. The fourth-order valence-electron chi connectivity index (χ4n) is 1.28. The molecule has 13 heavy (non-hydrogen) atoms. The summed E-state index contributed by atoms with van der Waals surface area (Å²) in [6.07, 6.45) is 3.51. The Kier molecular flexibility index (Phi) is 3.99. The zero-order valence-electron chi connectivity index (χ0n) is 8.58. The van der Waals surface area contributed by atoms with E-state index in [1.165, 1.54) is 5.56 Å². The lowest BCUT2D eigenvalue weighted by Crippen LogP contribution is -2.36. The van der Waals surface area contributed by atoms with Crippen LogP contribution in [0, 0.1) is 0 Å². The van der Waals surface area contributed by atoms with E-state index in [1.807, 2.05) is 13.1 Å². The summed E-state index contributed by atoms with van der Waals surface area (Å²) in [5.41, 5.74) is 1.23. The minimum atomic E-state index is 0.542. The monoisotopic (exact) mass is 182 g/mol. The number of nitrogens with zero attached hydrogens (tertiary/aromatic N) is 1. The summed E-state index contributed by atoms with van der Waals surface area (Å²) < 4.78 is 5.01. The van der Waals surface area contributed by atoms with Crippen molar-refractivity contribution in [1.82, 2.24) is 10.2 Å². The Labute approximate surface area is 79.7 Å². The summed E-state index contributed by atoms with van der Waals surface area (Å²) in [4.78, 5) is 2.29. The molecular weight excluding hydrogens is 164 g/mol. The molecule has 0 spiro atoms. The van der Waals surface area contributed by atoms with E-state index in [2.05, 4.69) is 24.2 Å². The highest BCUT2D eigenvalue weighted by Crippen LogP contribution is 2.05.